The molecule has 0 atom stereocenters. The summed E-state index contributed by atoms with van der Waals surface area (Å²) in [4.78, 5) is 8.98. The minimum absolute atomic E-state index is 0.0361. The predicted molar refractivity (Wildman–Crippen MR) is 57.5 cm³/mol. The molecule has 0 amide bonds. The number of hydrogen-bond acceptors (Lipinski definition) is 2. The van der Waals surface area contributed by atoms with Crippen LogP contribution in [0.25, 0.3) is 5.57 Å². The maximum absolute atomic E-state index is 12.6. The standard InChI is InChI=1S/C9H4Cl2F3NO2/c10-6-1-5(2-7(11)3-6)8(4-15(16)17)9(12,13)14/h1-4H/b8-4+. The van der Waals surface area contributed by atoms with E-state index in [0.29, 0.717) is 0 Å². The van der Waals surface area contributed by atoms with Gasteiger partial charge in [0.15, 0.2) is 0 Å². The van der Waals surface area contributed by atoms with E-state index in [4.69, 9.17) is 23.2 Å². The Bertz CT molecular complexity index is 465. The number of halogens is 5. The molecule has 0 bridgehead atoms. The predicted octanol–water partition coefficient (Wildman–Crippen LogP) is 4.17. The summed E-state index contributed by atoms with van der Waals surface area (Å²) in [5, 5.41) is 10.1. The smallest absolute Gasteiger partial charge is 0.259 e. The molecule has 8 heteroatoms. The second-order valence-corrected chi connectivity index (χ2v) is 3.86. The third kappa shape index (κ3) is 3.90. The van der Waals surface area contributed by atoms with E-state index in [-0.39, 0.29) is 16.2 Å². The van der Waals surface area contributed by atoms with Crippen LogP contribution in [-0.4, -0.2) is 11.1 Å². The average Bonchev–Trinajstić information content (AvgIpc) is 2.10. The van der Waals surface area contributed by atoms with E-state index >= 15 is 0 Å². The van der Waals surface area contributed by atoms with Gasteiger partial charge in [0.25, 0.3) is 0 Å². The molecule has 0 aliphatic carbocycles. The number of hydrogen-bond donors (Lipinski definition) is 0. The molecule has 0 saturated heterocycles. The van der Waals surface area contributed by atoms with Gasteiger partial charge in [-0.3, -0.25) is 10.1 Å². The molecule has 0 aliphatic heterocycles. The molecule has 1 rings (SSSR count). The van der Waals surface area contributed by atoms with Gasteiger partial charge in [0.05, 0.1) is 4.92 Å². The first-order chi connectivity index (χ1) is 7.70. The molecule has 0 saturated carbocycles. The fraction of sp³-hybridized carbons (Fsp3) is 0.111. The molecule has 0 spiro atoms. The van der Waals surface area contributed by atoms with Crippen LogP contribution < -0.4 is 0 Å². The lowest BCUT2D eigenvalue weighted by Crippen LogP contribution is -2.12. The highest BCUT2D eigenvalue weighted by Crippen LogP contribution is 2.36. The molecule has 3 nitrogen and oxygen atoms in total. The number of nitro groups is 1. The Balaban J connectivity index is 3.38. The Hall–Kier alpha value is -1.27. The first kappa shape index (κ1) is 13.8. The lowest BCUT2D eigenvalue weighted by molar-refractivity contribution is -0.402. The van der Waals surface area contributed by atoms with Crippen LogP contribution in [-0.2, 0) is 0 Å². The molecule has 0 fully saturated rings. The maximum atomic E-state index is 12.6. The molecular weight excluding hydrogens is 282 g/mol. The number of benzene rings is 1. The van der Waals surface area contributed by atoms with E-state index in [1.807, 2.05) is 0 Å². The zero-order valence-electron chi connectivity index (χ0n) is 7.96. The van der Waals surface area contributed by atoms with Crippen molar-refractivity contribution in [3.05, 3.63) is 50.1 Å². The Kier molecular flexibility index (Phi) is 4.00. The molecule has 0 heterocycles. The van der Waals surface area contributed by atoms with Crippen molar-refractivity contribution in [2.24, 2.45) is 0 Å². The molecule has 92 valence electrons. The van der Waals surface area contributed by atoms with E-state index < -0.39 is 22.2 Å². The Morgan fingerprint density at radius 3 is 2.06 bits per heavy atom. The topological polar surface area (TPSA) is 43.1 Å². The number of nitrogens with zero attached hydrogens (tertiary/aromatic N) is 1. The third-order valence-electron chi connectivity index (χ3n) is 1.71. The van der Waals surface area contributed by atoms with Crippen LogP contribution in [0, 0.1) is 10.1 Å². The largest absolute Gasteiger partial charge is 0.422 e. The summed E-state index contributed by atoms with van der Waals surface area (Å²) in [6.45, 7) is 0. The fourth-order valence-electron chi connectivity index (χ4n) is 1.13. The monoisotopic (exact) mass is 285 g/mol. The molecule has 0 unspecified atom stereocenters. The molecule has 0 N–H and O–H groups in total. The lowest BCUT2D eigenvalue weighted by Gasteiger charge is -2.10. The minimum atomic E-state index is -4.86. The minimum Gasteiger partial charge on any atom is -0.259 e. The van der Waals surface area contributed by atoms with Crippen molar-refractivity contribution in [3.8, 4) is 0 Å². The summed E-state index contributed by atoms with van der Waals surface area (Å²) in [6.07, 6.45) is -4.98. The van der Waals surface area contributed by atoms with Gasteiger partial charge in [-0.05, 0) is 23.8 Å². The van der Waals surface area contributed by atoms with E-state index in [1.54, 1.807) is 0 Å². The number of allylic oxidation sites excluding steroid dienone is 1. The highest BCUT2D eigenvalue weighted by Gasteiger charge is 2.37. The van der Waals surface area contributed by atoms with E-state index in [1.165, 1.54) is 6.07 Å². The first-order valence-corrected chi connectivity index (χ1v) is 4.84. The van der Waals surface area contributed by atoms with Gasteiger partial charge in [-0.25, -0.2) is 0 Å². The van der Waals surface area contributed by atoms with E-state index in [2.05, 4.69) is 0 Å². The Morgan fingerprint density at radius 1 is 1.24 bits per heavy atom. The first-order valence-electron chi connectivity index (χ1n) is 4.09. The summed E-state index contributed by atoms with van der Waals surface area (Å²) in [7, 11) is 0. The zero-order valence-corrected chi connectivity index (χ0v) is 9.47. The van der Waals surface area contributed by atoms with Crippen LogP contribution in [0.5, 0.6) is 0 Å². The molecule has 1 aromatic rings. The molecule has 0 radical (unpaired) electrons. The molecule has 0 aliphatic rings. The maximum Gasteiger partial charge on any atom is 0.422 e. The number of alkyl halides is 3. The van der Waals surface area contributed by atoms with Crippen LogP contribution in [0.15, 0.2) is 24.4 Å². The van der Waals surface area contributed by atoms with Crippen LogP contribution >= 0.6 is 23.2 Å². The summed E-state index contributed by atoms with van der Waals surface area (Å²) >= 11 is 11.1. The van der Waals surface area contributed by atoms with Crippen molar-refractivity contribution in [1.82, 2.24) is 0 Å². The fourth-order valence-corrected chi connectivity index (χ4v) is 1.65. The molecule has 0 aromatic heterocycles. The van der Waals surface area contributed by atoms with Crippen molar-refractivity contribution in [2.75, 3.05) is 0 Å². The Morgan fingerprint density at radius 2 is 1.71 bits per heavy atom. The van der Waals surface area contributed by atoms with Crippen LogP contribution in [0.3, 0.4) is 0 Å². The van der Waals surface area contributed by atoms with Crippen LogP contribution in [0.4, 0.5) is 13.2 Å². The van der Waals surface area contributed by atoms with Gasteiger partial charge in [0, 0.05) is 10.0 Å². The van der Waals surface area contributed by atoms with Gasteiger partial charge in [-0.2, -0.15) is 13.2 Å². The van der Waals surface area contributed by atoms with Gasteiger partial charge in [0.1, 0.15) is 5.57 Å². The van der Waals surface area contributed by atoms with Crippen LogP contribution in [0.2, 0.25) is 10.0 Å². The zero-order chi connectivity index (χ0) is 13.2. The summed E-state index contributed by atoms with van der Waals surface area (Å²) in [6, 6.07) is 3.14. The van der Waals surface area contributed by atoms with Crippen molar-refractivity contribution in [1.29, 1.82) is 0 Å². The normalized spacial score (nSPS) is 12.6. The second-order valence-electron chi connectivity index (χ2n) is 2.98. The quantitative estimate of drug-likeness (QED) is 0.604. The SMILES string of the molecule is O=[N+]([O-])/C=C(\c1cc(Cl)cc(Cl)c1)C(F)(F)F. The highest BCUT2D eigenvalue weighted by molar-refractivity contribution is 6.34. The lowest BCUT2D eigenvalue weighted by atomic mass is 10.1. The van der Waals surface area contributed by atoms with Crippen molar-refractivity contribution in [3.63, 3.8) is 0 Å². The van der Waals surface area contributed by atoms with Crippen molar-refractivity contribution < 1.29 is 18.1 Å². The highest BCUT2D eigenvalue weighted by atomic mass is 35.5. The van der Waals surface area contributed by atoms with Crippen molar-refractivity contribution in [2.45, 2.75) is 6.18 Å². The second kappa shape index (κ2) is 4.93. The number of rotatable bonds is 2. The van der Waals surface area contributed by atoms with Gasteiger partial charge in [0.2, 0.25) is 6.20 Å². The van der Waals surface area contributed by atoms with Gasteiger partial charge < -0.3 is 0 Å². The van der Waals surface area contributed by atoms with Crippen molar-refractivity contribution >= 4 is 28.8 Å². The summed E-state index contributed by atoms with van der Waals surface area (Å²) in [5.41, 5.74) is -1.86. The van der Waals surface area contributed by atoms with Crippen LogP contribution in [0.1, 0.15) is 5.56 Å². The Labute approximate surface area is 104 Å². The molecular formula is C9H4Cl2F3NO2. The summed E-state index contributed by atoms with van der Waals surface area (Å²) < 4.78 is 37.7. The van der Waals surface area contributed by atoms with E-state index in [0.717, 1.165) is 12.1 Å². The third-order valence-corrected chi connectivity index (χ3v) is 2.15. The average molecular weight is 286 g/mol. The van der Waals surface area contributed by atoms with Gasteiger partial charge in [-0.1, -0.05) is 23.2 Å². The van der Waals surface area contributed by atoms with Gasteiger partial charge >= 0.3 is 6.18 Å². The molecule has 1 aromatic carbocycles. The van der Waals surface area contributed by atoms with Gasteiger partial charge in [-0.15, -0.1) is 0 Å². The van der Waals surface area contributed by atoms with E-state index in [9.17, 15) is 23.3 Å². The molecule has 17 heavy (non-hydrogen) atoms. The summed E-state index contributed by atoms with van der Waals surface area (Å²) in [5.74, 6) is 0.